The molecule has 1 aromatic heterocycles. The molecule has 0 aliphatic rings. The third-order valence-corrected chi connectivity index (χ3v) is 2.91. The number of benzene rings is 1. The number of methoxy groups -OCH3 is 1. The molecule has 0 bridgehead atoms. The summed E-state index contributed by atoms with van der Waals surface area (Å²) in [7, 11) is 3.54. The molecule has 2 aromatic rings. The van der Waals surface area contributed by atoms with Gasteiger partial charge in [-0.1, -0.05) is 12.1 Å². The van der Waals surface area contributed by atoms with Crippen LogP contribution in [0.3, 0.4) is 0 Å². The van der Waals surface area contributed by atoms with E-state index in [0.29, 0.717) is 0 Å². The summed E-state index contributed by atoms with van der Waals surface area (Å²) in [5, 5.41) is 4.03. The van der Waals surface area contributed by atoms with Gasteiger partial charge in [0.15, 0.2) is 0 Å². The lowest BCUT2D eigenvalue weighted by Crippen LogP contribution is -2.27. The van der Waals surface area contributed by atoms with Crippen molar-refractivity contribution < 1.29 is 4.74 Å². The molecular weight excluding hydrogens is 228 g/mol. The van der Waals surface area contributed by atoms with Crippen molar-refractivity contribution in [1.82, 2.24) is 14.8 Å². The van der Waals surface area contributed by atoms with Crippen molar-refractivity contribution in [1.29, 1.82) is 0 Å². The van der Waals surface area contributed by atoms with E-state index in [0.717, 1.165) is 24.4 Å². The molecule has 0 aliphatic heterocycles. The minimum atomic E-state index is 0.0429. The van der Waals surface area contributed by atoms with E-state index < -0.39 is 0 Å². The van der Waals surface area contributed by atoms with Gasteiger partial charge in [0.25, 0.3) is 0 Å². The number of rotatable bonds is 5. The van der Waals surface area contributed by atoms with Gasteiger partial charge in [0, 0.05) is 19.5 Å². The standard InChI is InChI=1S/C13H18N4O/c1-17-13(15-9-16-17)8-11(14)7-10-3-5-12(18-2)6-4-10/h3-6,9,11H,7-8,14H2,1-2H3. The quantitative estimate of drug-likeness (QED) is 0.852. The van der Waals surface area contributed by atoms with Crippen LogP contribution >= 0.6 is 0 Å². The predicted octanol–water partition coefficient (Wildman–Crippen LogP) is 0.936. The summed E-state index contributed by atoms with van der Waals surface area (Å²) in [6, 6.07) is 8.01. The number of hydrogen-bond donors (Lipinski definition) is 1. The van der Waals surface area contributed by atoms with Crippen molar-refractivity contribution in [2.24, 2.45) is 12.8 Å². The number of ether oxygens (including phenoxy) is 1. The van der Waals surface area contributed by atoms with Crippen LogP contribution in [-0.2, 0) is 19.9 Å². The zero-order valence-corrected chi connectivity index (χ0v) is 10.7. The Morgan fingerprint density at radius 2 is 2.00 bits per heavy atom. The summed E-state index contributed by atoms with van der Waals surface area (Å²) in [5.41, 5.74) is 7.32. The van der Waals surface area contributed by atoms with Crippen LogP contribution in [-0.4, -0.2) is 27.9 Å². The monoisotopic (exact) mass is 246 g/mol. The Bertz CT molecular complexity index is 492. The van der Waals surface area contributed by atoms with Gasteiger partial charge < -0.3 is 10.5 Å². The van der Waals surface area contributed by atoms with Gasteiger partial charge in [-0.3, -0.25) is 4.68 Å². The summed E-state index contributed by atoms with van der Waals surface area (Å²) >= 11 is 0. The minimum Gasteiger partial charge on any atom is -0.497 e. The van der Waals surface area contributed by atoms with Crippen LogP contribution in [0.5, 0.6) is 5.75 Å². The van der Waals surface area contributed by atoms with E-state index in [-0.39, 0.29) is 6.04 Å². The Morgan fingerprint density at radius 3 is 2.56 bits per heavy atom. The molecule has 1 heterocycles. The zero-order valence-electron chi connectivity index (χ0n) is 10.7. The first kappa shape index (κ1) is 12.6. The maximum atomic E-state index is 6.12. The third-order valence-electron chi connectivity index (χ3n) is 2.91. The second kappa shape index (κ2) is 5.64. The summed E-state index contributed by atoms with van der Waals surface area (Å²) in [5.74, 6) is 1.77. The molecule has 0 radical (unpaired) electrons. The van der Waals surface area contributed by atoms with Gasteiger partial charge in [0.2, 0.25) is 0 Å². The highest BCUT2D eigenvalue weighted by molar-refractivity contribution is 5.27. The average molecular weight is 246 g/mol. The highest BCUT2D eigenvalue weighted by atomic mass is 16.5. The van der Waals surface area contributed by atoms with Gasteiger partial charge in [-0.2, -0.15) is 5.10 Å². The van der Waals surface area contributed by atoms with E-state index in [9.17, 15) is 0 Å². The van der Waals surface area contributed by atoms with Crippen molar-refractivity contribution in [2.75, 3.05) is 7.11 Å². The average Bonchev–Trinajstić information content (AvgIpc) is 2.76. The molecule has 96 valence electrons. The topological polar surface area (TPSA) is 66.0 Å². The Hall–Kier alpha value is -1.88. The van der Waals surface area contributed by atoms with E-state index >= 15 is 0 Å². The molecule has 5 nitrogen and oxygen atoms in total. The van der Waals surface area contributed by atoms with Gasteiger partial charge in [-0.05, 0) is 24.1 Å². The van der Waals surface area contributed by atoms with E-state index in [2.05, 4.69) is 10.1 Å². The molecule has 1 aromatic carbocycles. The van der Waals surface area contributed by atoms with Gasteiger partial charge in [-0.15, -0.1) is 0 Å². The lowest BCUT2D eigenvalue weighted by Gasteiger charge is -2.11. The Balaban J connectivity index is 1.94. The van der Waals surface area contributed by atoms with Crippen molar-refractivity contribution >= 4 is 0 Å². The van der Waals surface area contributed by atoms with Crippen LogP contribution in [0.4, 0.5) is 0 Å². The number of nitrogens with two attached hydrogens (primary N) is 1. The number of hydrogen-bond acceptors (Lipinski definition) is 4. The molecule has 0 amide bonds. The number of aryl methyl sites for hydroxylation is 1. The van der Waals surface area contributed by atoms with Crippen LogP contribution in [0, 0.1) is 0 Å². The highest BCUT2D eigenvalue weighted by Crippen LogP contribution is 2.13. The molecule has 18 heavy (non-hydrogen) atoms. The fraction of sp³-hybridized carbons (Fsp3) is 0.385. The fourth-order valence-electron chi connectivity index (χ4n) is 1.88. The van der Waals surface area contributed by atoms with Crippen LogP contribution in [0.2, 0.25) is 0 Å². The van der Waals surface area contributed by atoms with Crippen molar-refractivity contribution in [2.45, 2.75) is 18.9 Å². The smallest absolute Gasteiger partial charge is 0.138 e. The maximum Gasteiger partial charge on any atom is 0.138 e. The summed E-state index contributed by atoms with van der Waals surface area (Å²) < 4.78 is 6.88. The van der Waals surface area contributed by atoms with Crippen LogP contribution < -0.4 is 10.5 Å². The number of nitrogens with zero attached hydrogens (tertiary/aromatic N) is 3. The number of aromatic nitrogens is 3. The molecule has 0 saturated heterocycles. The van der Waals surface area contributed by atoms with E-state index in [1.165, 1.54) is 5.56 Å². The van der Waals surface area contributed by atoms with Gasteiger partial charge >= 0.3 is 0 Å². The molecule has 0 spiro atoms. The molecule has 5 heteroatoms. The molecule has 0 saturated carbocycles. The first-order valence-electron chi connectivity index (χ1n) is 5.90. The normalized spacial score (nSPS) is 12.4. The van der Waals surface area contributed by atoms with Gasteiger partial charge in [0.05, 0.1) is 7.11 Å². The lowest BCUT2D eigenvalue weighted by atomic mass is 10.0. The SMILES string of the molecule is COc1ccc(CC(N)Cc2ncnn2C)cc1. The van der Waals surface area contributed by atoms with E-state index in [1.807, 2.05) is 31.3 Å². The van der Waals surface area contributed by atoms with Crippen molar-refractivity contribution in [3.63, 3.8) is 0 Å². The molecule has 1 atom stereocenters. The second-order valence-electron chi connectivity index (χ2n) is 4.32. The Morgan fingerprint density at radius 1 is 1.28 bits per heavy atom. The largest absolute Gasteiger partial charge is 0.497 e. The van der Waals surface area contributed by atoms with E-state index in [1.54, 1.807) is 18.1 Å². The van der Waals surface area contributed by atoms with Crippen LogP contribution in [0.1, 0.15) is 11.4 Å². The summed E-state index contributed by atoms with van der Waals surface area (Å²) in [4.78, 5) is 4.18. The first-order chi connectivity index (χ1) is 8.69. The van der Waals surface area contributed by atoms with Crippen molar-refractivity contribution in [3.05, 3.63) is 42.0 Å². The van der Waals surface area contributed by atoms with E-state index in [4.69, 9.17) is 10.5 Å². The Kier molecular flexibility index (Phi) is 3.94. The third kappa shape index (κ3) is 3.07. The fourth-order valence-corrected chi connectivity index (χ4v) is 1.88. The zero-order chi connectivity index (χ0) is 13.0. The molecule has 1 unspecified atom stereocenters. The summed E-state index contributed by atoms with van der Waals surface area (Å²) in [6.45, 7) is 0. The lowest BCUT2D eigenvalue weighted by molar-refractivity contribution is 0.414. The maximum absolute atomic E-state index is 6.12. The molecule has 2 rings (SSSR count). The van der Waals surface area contributed by atoms with Crippen molar-refractivity contribution in [3.8, 4) is 5.75 Å². The van der Waals surface area contributed by atoms with Crippen LogP contribution in [0.15, 0.2) is 30.6 Å². The second-order valence-corrected chi connectivity index (χ2v) is 4.32. The van der Waals surface area contributed by atoms with Gasteiger partial charge in [-0.25, -0.2) is 4.98 Å². The molecule has 2 N–H and O–H groups in total. The molecular formula is C13H18N4O. The minimum absolute atomic E-state index is 0.0429. The first-order valence-corrected chi connectivity index (χ1v) is 5.90. The highest BCUT2D eigenvalue weighted by Gasteiger charge is 2.09. The predicted molar refractivity (Wildman–Crippen MR) is 69.4 cm³/mol. The molecule has 0 aliphatic carbocycles. The van der Waals surface area contributed by atoms with Gasteiger partial charge in [0.1, 0.15) is 17.9 Å². The van der Waals surface area contributed by atoms with Crippen LogP contribution in [0.25, 0.3) is 0 Å². The Labute approximate surface area is 107 Å². The molecule has 0 fully saturated rings. The summed E-state index contributed by atoms with van der Waals surface area (Å²) in [6.07, 6.45) is 3.09.